The van der Waals surface area contributed by atoms with Gasteiger partial charge in [-0.25, -0.2) is 9.59 Å². The molecule has 2 fully saturated rings. The minimum Gasteiger partial charge on any atom is -0.478 e. The number of fused-ring (bicyclic) bond motifs is 3. The summed E-state index contributed by atoms with van der Waals surface area (Å²) in [5.74, 6) is -2.77. The molecular formula is C22H27N3O7. The summed E-state index contributed by atoms with van der Waals surface area (Å²) >= 11 is 0. The highest BCUT2D eigenvalue weighted by Gasteiger charge is 2.38. The SMILES string of the molecule is CN1C2CCC1CC(NC(=O)c1c[nH]c3ccccc3c1=O)C2.O.O=C(O)/C=C/C(=O)O. The van der Waals surface area contributed by atoms with E-state index in [2.05, 4.69) is 22.2 Å². The van der Waals surface area contributed by atoms with Crippen molar-refractivity contribution in [2.24, 2.45) is 0 Å². The zero-order chi connectivity index (χ0) is 22.5. The van der Waals surface area contributed by atoms with Crippen LogP contribution in [0.5, 0.6) is 0 Å². The van der Waals surface area contributed by atoms with Crippen molar-refractivity contribution < 1.29 is 30.1 Å². The molecule has 10 heteroatoms. The van der Waals surface area contributed by atoms with Gasteiger partial charge in [0, 0.05) is 47.4 Å². The molecule has 0 saturated carbocycles. The Morgan fingerprint density at radius 1 is 1.06 bits per heavy atom. The molecule has 172 valence electrons. The molecule has 1 amide bonds. The van der Waals surface area contributed by atoms with Crippen LogP contribution in [-0.2, 0) is 9.59 Å². The first-order valence-electron chi connectivity index (χ1n) is 10.0. The average Bonchev–Trinajstić information content (AvgIpc) is 2.94. The molecule has 2 aliphatic heterocycles. The second-order valence-electron chi connectivity index (χ2n) is 7.78. The van der Waals surface area contributed by atoms with E-state index >= 15 is 0 Å². The van der Waals surface area contributed by atoms with Gasteiger partial charge in [-0.1, -0.05) is 12.1 Å². The van der Waals surface area contributed by atoms with Crippen LogP contribution in [0, 0.1) is 0 Å². The number of carbonyl (C=O) groups is 3. The van der Waals surface area contributed by atoms with Gasteiger partial charge in [0.2, 0.25) is 5.43 Å². The molecular weight excluding hydrogens is 418 g/mol. The summed E-state index contributed by atoms with van der Waals surface area (Å²) in [4.78, 5) is 49.7. The van der Waals surface area contributed by atoms with Gasteiger partial charge in [0.15, 0.2) is 0 Å². The third-order valence-corrected chi connectivity index (χ3v) is 5.83. The Labute approximate surface area is 183 Å². The Hall–Kier alpha value is -3.50. The van der Waals surface area contributed by atoms with E-state index in [1.54, 1.807) is 6.07 Å². The number of aromatic nitrogens is 1. The number of aromatic amines is 1. The summed E-state index contributed by atoms with van der Waals surface area (Å²) in [5, 5.41) is 19.3. The number of rotatable bonds is 4. The Morgan fingerprint density at radius 2 is 1.62 bits per heavy atom. The molecule has 0 radical (unpaired) electrons. The summed E-state index contributed by atoms with van der Waals surface area (Å²) < 4.78 is 0. The zero-order valence-electron chi connectivity index (χ0n) is 17.6. The number of carboxylic acids is 2. The summed E-state index contributed by atoms with van der Waals surface area (Å²) in [6.07, 6.45) is 7.02. The highest BCUT2D eigenvalue weighted by molar-refractivity contribution is 5.97. The first kappa shape index (κ1) is 24.8. The van der Waals surface area contributed by atoms with E-state index in [1.807, 2.05) is 18.2 Å². The average molecular weight is 445 g/mol. The van der Waals surface area contributed by atoms with Crippen LogP contribution < -0.4 is 10.7 Å². The van der Waals surface area contributed by atoms with Crippen LogP contribution in [-0.4, -0.2) is 68.6 Å². The second-order valence-corrected chi connectivity index (χ2v) is 7.78. The number of aliphatic carboxylic acids is 2. The zero-order valence-corrected chi connectivity index (χ0v) is 17.6. The number of amides is 1. The minimum atomic E-state index is -1.26. The number of hydrogen-bond donors (Lipinski definition) is 4. The molecule has 6 N–H and O–H groups in total. The molecule has 1 aromatic carbocycles. The van der Waals surface area contributed by atoms with Crippen molar-refractivity contribution in [2.75, 3.05) is 7.05 Å². The van der Waals surface area contributed by atoms with Gasteiger partial charge in [-0.05, 0) is 44.9 Å². The van der Waals surface area contributed by atoms with Gasteiger partial charge in [-0.2, -0.15) is 0 Å². The molecule has 1 aromatic heterocycles. The lowest BCUT2D eigenvalue weighted by Crippen LogP contribution is -2.49. The molecule has 3 heterocycles. The number of H-pyrrole nitrogens is 1. The summed E-state index contributed by atoms with van der Waals surface area (Å²) in [6, 6.07) is 8.57. The van der Waals surface area contributed by atoms with Crippen LogP contribution in [0.25, 0.3) is 10.9 Å². The van der Waals surface area contributed by atoms with Gasteiger partial charge in [-0.15, -0.1) is 0 Å². The van der Waals surface area contributed by atoms with Crippen molar-refractivity contribution in [1.82, 2.24) is 15.2 Å². The largest absolute Gasteiger partial charge is 0.478 e. The minimum absolute atomic E-state index is 0. The van der Waals surface area contributed by atoms with Crippen LogP contribution in [0.1, 0.15) is 36.0 Å². The summed E-state index contributed by atoms with van der Waals surface area (Å²) in [7, 11) is 2.18. The molecule has 10 nitrogen and oxygen atoms in total. The molecule has 2 saturated heterocycles. The number of nitrogens with zero attached hydrogens (tertiary/aromatic N) is 1. The number of para-hydroxylation sites is 1. The first-order chi connectivity index (χ1) is 14.8. The third-order valence-electron chi connectivity index (χ3n) is 5.83. The normalized spacial score (nSPS) is 22.0. The van der Waals surface area contributed by atoms with Crippen LogP contribution in [0.15, 0.2) is 47.4 Å². The number of pyridine rings is 1. The maximum atomic E-state index is 12.5. The van der Waals surface area contributed by atoms with Crippen molar-refractivity contribution in [3.63, 3.8) is 0 Å². The van der Waals surface area contributed by atoms with Gasteiger partial charge < -0.3 is 30.9 Å². The second kappa shape index (κ2) is 10.7. The van der Waals surface area contributed by atoms with Crippen LogP contribution in [0.4, 0.5) is 0 Å². The van der Waals surface area contributed by atoms with E-state index < -0.39 is 11.9 Å². The molecule has 2 atom stereocenters. The molecule has 32 heavy (non-hydrogen) atoms. The van der Waals surface area contributed by atoms with E-state index in [-0.39, 0.29) is 28.4 Å². The number of nitrogens with one attached hydrogen (secondary N) is 2. The Kier molecular flexibility index (Phi) is 8.27. The Morgan fingerprint density at radius 3 is 2.19 bits per heavy atom. The van der Waals surface area contributed by atoms with E-state index in [0.29, 0.717) is 29.6 Å². The maximum Gasteiger partial charge on any atom is 0.328 e. The highest BCUT2D eigenvalue weighted by atomic mass is 16.4. The van der Waals surface area contributed by atoms with Gasteiger partial charge in [-0.3, -0.25) is 9.59 Å². The predicted octanol–water partition coefficient (Wildman–Crippen LogP) is 0.770. The predicted molar refractivity (Wildman–Crippen MR) is 118 cm³/mol. The smallest absolute Gasteiger partial charge is 0.328 e. The van der Waals surface area contributed by atoms with Crippen molar-refractivity contribution in [3.05, 3.63) is 58.4 Å². The van der Waals surface area contributed by atoms with Crippen LogP contribution in [0.2, 0.25) is 0 Å². The lowest BCUT2D eigenvalue weighted by Gasteiger charge is -2.36. The number of carboxylic acid groups (broad SMARTS) is 2. The lowest BCUT2D eigenvalue weighted by atomic mass is 9.97. The lowest BCUT2D eigenvalue weighted by molar-refractivity contribution is -0.134. The molecule has 0 aliphatic carbocycles. The quantitative estimate of drug-likeness (QED) is 0.503. The maximum absolute atomic E-state index is 12.5. The summed E-state index contributed by atoms with van der Waals surface area (Å²) in [5.41, 5.74) is 0.758. The van der Waals surface area contributed by atoms with Crippen molar-refractivity contribution in [1.29, 1.82) is 0 Å². The molecule has 2 aliphatic rings. The standard InChI is InChI=1S/C18H21N3O2.C4H4O4.H2O/c1-21-12-6-7-13(21)9-11(8-12)20-18(23)15-10-19-16-5-3-2-4-14(16)17(15)22;5-3(6)1-2-4(7)8;/h2-5,10-13H,6-9H2,1H3,(H,19,22)(H,20,23);1-2H,(H,5,6)(H,7,8);1H2/b;2-1+;. The van der Waals surface area contributed by atoms with Gasteiger partial charge in [0.1, 0.15) is 5.56 Å². The number of benzene rings is 1. The van der Waals surface area contributed by atoms with Crippen LogP contribution in [0.3, 0.4) is 0 Å². The Balaban J connectivity index is 0.000000350. The van der Waals surface area contributed by atoms with E-state index in [1.165, 1.54) is 19.0 Å². The molecule has 2 bridgehead atoms. The van der Waals surface area contributed by atoms with Gasteiger partial charge in [0.25, 0.3) is 5.91 Å². The molecule has 2 unspecified atom stereocenters. The third kappa shape index (κ3) is 5.80. The van der Waals surface area contributed by atoms with Gasteiger partial charge in [0.05, 0.1) is 0 Å². The molecule has 4 rings (SSSR count). The first-order valence-corrected chi connectivity index (χ1v) is 10.0. The van der Waals surface area contributed by atoms with E-state index in [9.17, 15) is 19.2 Å². The van der Waals surface area contributed by atoms with Crippen molar-refractivity contribution in [3.8, 4) is 0 Å². The van der Waals surface area contributed by atoms with Crippen molar-refractivity contribution in [2.45, 2.75) is 43.8 Å². The molecule has 0 spiro atoms. The van der Waals surface area contributed by atoms with Gasteiger partial charge >= 0.3 is 11.9 Å². The van der Waals surface area contributed by atoms with E-state index in [4.69, 9.17) is 10.2 Å². The fourth-order valence-electron chi connectivity index (χ4n) is 4.27. The fourth-order valence-corrected chi connectivity index (χ4v) is 4.27. The number of hydrogen-bond acceptors (Lipinski definition) is 5. The van der Waals surface area contributed by atoms with E-state index in [0.717, 1.165) is 18.4 Å². The number of carbonyl (C=O) groups excluding carboxylic acids is 1. The highest BCUT2D eigenvalue weighted by Crippen LogP contribution is 2.34. The summed E-state index contributed by atoms with van der Waals surface area (Å²) in [6.45, 7) is 0. The van der Waals surface area contributed by atoms with Crippen molar-refractivity contribution >= 4 is 28.7 Å². The van der Waals surface area contributed by atoms with Crippen LogP contribution >= 0.6 is 0 Å². The molecule has 2 aromatic rings. The topological polar surface area (TPSA) is 171 Å². The monoisotopic (exact) mass is 445 g/mol. The number of piperidine rings is 1. The fraction of sp³-hybridized carbons (Fsp3) is 0.364. The Bertz CT molecular complexity index is 1050.